The summed E-state index contributed by atoms with van der Waals surface area (Å²) >= 11 is 1.63. The van der Waals surface area contributed by atoms with Crippen LogP contribution in [0.4, 0.5) is 0 Å². The molecule has 2 aromatic carbocycles. The van der Waals surface area contributed by atoms with E-state index < -0.39 is 0 Å². The molecule has 23 heavy (non-hydrogen) atoms. The summed E-state index contributed by atoms with van der Waals surface area (Å²) in [6.07, 6.45) is 2.01. The molecule has 0 saturated carbocycles. The maximum absolute atomic E-state index is 5.86. The van der Waals surface area contributed by atoms with Gasteiger partial charge in [-0.25, -0.2) is 4.98 Å². The van der Waals surface area contributed by atoms with Crippen LogP contribution in [0.3, 0.4) is 0 Å². The zero-order valence-corrected chi connectivity index (χ0v) is 13.8. The van der Waals surface area contributed by atoms with E-state index in [1.54, 1.807) is 11.8 Å². The highest BCUT2D eigenvalue weighted by molar-refractivity contribution is 7.98. The van der Waals surface area contributed by atoms with Crippen molar-refractivity contribution in [1.29, 1.82) is 0 Å². The quantitative estimate of drug-likeness (QED) is 0.631. The summed E-state index contributed by atoms with van der Waals surface area (Å²) in [4.78, 5) is 4.47. The number of hydrogen-bond donors (Lipinski definition) is 1. The minimum absolute atomic E-state index is 0.794. The first kappa shape index (κ1) is 15.6. The normalized spacial score (nSPS) is 10.7. The molecule has 0 radical (unpaired) electrons. The lowest BCUT2D eigenvalue weighted by Crippen LogP contribution is -1.87. The van der Waals surface area contributed by atoms with Crippen molar-refractivity contribution in [3.63, 3.8) is 0 Å². The fraction of sp³-hybridized carbons (Fsp3) is 0.222. The number of H-pyrrole nitrogens is 1. The van der Waals surface area contributed by atoms with Crippen molar-refractivity contribution in [3.8, 4) is 11.5 Å². The molecule has 0 aliphatic carbocycles. The van der Waals surface area contributed by atoms with E-state index in [1.165, 1.54) is 5.56 Å². The molecule has 3 rings (SSSR count). The van der Waals surface area contributed by atoms with Gasteiger partial charge in [-0.1, -0.05) is 49.0 Å². The smallest absolute Gasteiger partial charge is 0.208 e. The Bertz CT molecular complexity index is 743. The van der Waals surface area contributed by atoms with Gasteiger partial charge in [-0.05, 0) is 36.2 Å². The summed E-state index contributed by atoms with van der Waals surface area (Å²) in [5.74, 6) is 3.46. The number of rotatable bonds is 7. The summed E-state index contributed by atoms with van der Waals surface area (Å²) < 4.78 is 5.86. The van der Waals surface area contributed by atoms with Crippen molar-refractivity contribution < 1.29 is 4.74 Å². The molecule has 5 heteroatoms. The molecule has 118 valence electrons. The third-order valence-electron chi connectivity index (χ3n) is 3.24. The Morgan fingerprint density at radius 1 is 1.04 bits per heavy atom. The van der Waals surface area contributed by atoms with Gasteiger partial charge in [0.05, 0.1) is 0 Å². The van der Waals surface area contributed by atoms with Crippen LogP contribution in [0.15, 0.2) is 59.8 Å². The average molecular weight is 325 g/mol. The van der Waals surface area contributed by atoms with Crippen molar-refractivity contribution in [2.75, 3.05) is 0 Å². The Hall–Kier alpha value is -2.27. The summed E-state index contributed by atoms with van der Waals surface area (Å²) in [7, 11) is 0. The molecule has 0 unspecified atom stereocenters. The first-order valence-corrected chi connectivity index (χ1v) is 8.68. The predicted molar refractivity (Wildman–Crippen MR) is 92.9 cm³/mol. The average Bonchev–Trinajstić information content (AvgIpc) is 3.02. The van der Waals surface area contributed by atoms with Gasteiger partial charge in [0.2, 0.25) is 5.16 Å². The van der Waals surface area contributed by atoms with Gasteiger partial charge in [0.15, 0.2) is 0 Å². The molecule has 4 nitrogen and oxygen atoms in total. The molecule has 0 atom stereocenters. The van der Waals surface area contributed by atoms with E-state index in [9.17, 15) is 0 Å². The molecule has 0 fully saturated rings. The van der Waals surface area contributed by atoms with Crippen LogP contribution in [0.5, 0.6) is 11.5 Å². The molecule has 3 aromatic rings. The largest absolute Gasteiger partial charge is 0.457 e. The van der Waals surface area contributed by atoms with Gasteiger partial charge in [-0.2, -0.15) is 0 Å². The third-order valence-corrected chi connectivity index (χ3v) is 4.16. The predicted octanol–water partition coefficient (Wildman–Crippen LogP) is 4.84. The first-order valence-electron chi connectivity index (χ1n) is 7.69. The lowest BCUT2D eigenvalue weighted by Gasteiger charge is -2.07. The lowest BCUT2D eigenvalue weighted by molar-refractivity contribution is 0.482. The van der Waals surface area contributed by atoms with Gasteiger partial charge in [0.1, 0.15) is 17.3 Å². The fourth-order valence-corrected chi connectivity index (χ4v) is 2.92. The van der Waals surface area contributed by atoms with Crippen molar-refractivity contribution in [1.82, 2.24) is 15.2 Å². The van der Waals surface area contributed by atoms with Gasteiger partial charge in [-0.3, -0.25) is 5.10 Å². The molecule has 0 saturated heterocycles. The summed E-state index contributed by atoms with van der Waals surface area (Å²) in [6.45, 7) is 2.13. The van der Waals surface area contributed by atoms with Crippen molar-refractivity contribution in [2.24, 2.45) is 0 Å². The standard InChI is InChI=1S/C18H19N3OS/c1-2-7-17-19-18(21-20-17)23-13-14-8-6-11-16(12-14)22-15-9-4-3-5-10-15/h3-6,8-12H,2,7,13H2,1H3,(H,19,20,21). The SMILES string of the molecule is CCCc1nc(SCc2cccc(Oc3ccccc3)c2)n[nH]1. The Balaban J connectivity index is 1.60. The Morgan fingerprint density at radius 2 is 1.87 bits per heavy atom. The van der Waals surface area contributed by atoms with Crippen LogP contribution in [0.2, 0.25) is 0 Å². The molecule has 0 aliphatic heterocycles. The number of aromatic amines is 1. The van der Waals surface area contributed by atoms with Crippen molar-refractivity contribution in [3.05, 3.63) is 66.0 Å². The lowest BCUT2D eigenvalue weighted by atomic mass is 10.2. The van der Waals surface area contributed by atoms with E-state index in [-0.39, 0.29) is 0 Å². The monoisotopic (exact) mass is 325 g/mol. The number of ether oxygens (including phenoxy) is 1. The highest BCUT2D eigenvalue weighted by Gasteiger charge is 2.05. The van der Waals surface area contributed by atoms with Crippen LogP contribution in [0.25, 0.3) is 0 Å². The van der Waals surface area contributed by atoms with Crippen molar-refractivity contribution in [2.45, 2.75) is 30.7 Å². The second-order valence-electron chi connectivity index (χ2n) is 5.17. The van der Waals surface area contributed by atoms with Crippen molar-refractivity contribution >= 4 is 11.8 Å². The maximum atomic E-state index is 5.86. The van der Waals surface area contributed by atoms with Crippen LogP contribution in [0.1, 0.15) is 24.7 Å². The minimum atomic E-state index is 0.794. The van der Waals surface area contributed by atoms with E-state index in [4.69, 9.17) is 4.74 Å². The van der Waals surface area contributed by atoms with Gasteiger partial charge < -0.3 is 4.74 Å². The van der Waals surface area contributed by atoms with E-state index >= 15 is 0 Å². The van der Waals surface area contributed by atoms with Gasteiger partial charge in [0.25, 0.3) is 0 Å². The minimum Gasteiger partial charge on any atom is -0.457 e. The van der Waals surface area contributed by atoms with E-state index in [0.29, 0.717) is 0 Å². The Labute approximate surface area is 140 Å². The fourth-order valence-electron chi connectivity index (χ4n) is 2.16. The number of nitrogens with zero attached hydrogens (tertiary/aromatic N) is 2. The Kier molecular flexibility index (Phi) is 5.32. The molecular formula is C18H19N3OS. The zero-order valence-electron chi connectivity index (χ0n) is 13.0. The second kappa shape index (κ2) is 7.83. The molecular weight excluding hydrogens is 306 g/mol. The topological polar surface area (TPSA) is 50.8 Å². The molecule has 0 aliphatic rings. The molecule has 1 heterocycles. The van der Waals surface area contributed by atoms with Gasteiger partial charge in [0, 0.05) is 12.2 Å². The number of benzene rings is 2. The van der Waals surface area contributed by atoms with E-state index in [0.717, 1.165) is 41.1 Å². The van der Waals surface area contributed by atoms with Crippen LogP contribution < -0.4 is 4.74 Å². The maximum Gasteiger partial charge on any atom is 0.208 e. The number of para-hydroxylation sites is 1. The molecule has 1 aromatic heterocycles. The summed E-state index contributed by atoms with van der Waals surface area (Å²) in [5, 5.41) is 8.01. The van der Waals surface area contributed by atoms with E-state index in [2.05, 4.69) is 34.2 Å². The zero-order chi connectivity index (χ0) is 15.9. The van der Waals surface area contributed by atoms with Crippen LogP contribution in [-0.4, -0.2) is 15.2 Å². The molecule has 1 N–H and O–H groups in total. The second-order valence-corrected chi connectivity index (χ2v) is 6.11. The number of aromatic nitrogens is 3. The highest BCUT2D eigenvalue weighted by atomic mass is 32.2. The third kappa shape index (κ3) is 4.60. The van der Waals surface area contributed by atoms with Gasteiger partial charge >= 0.3 is 0 Å². The highest BCUT2D eigenvalue weighted by Crippen LogP contribution is 2.25. The van der Waals surface area contributed by atoms with Crippen LogP contribution in [0, 0.1) is 0 Å². The number of thioether (sulfide) groups is 1. The summed E-state index contributed by atoms with van der Waals surface area (Å²) in [6, 6.07) is 17.9. The number of nitrogens with one attached hydrogen (secondary N) is 1. The molecule has 0 bridgehead atoms. The van der Waals surface area contributed by atoms with E-state index in [1.807, 2.05) is 42.5 Å². The first-order chi connectivity index (χ1) is 11.3. The summed E-state index contributed by atoms with van der Waals surface area (Å²) in [5.41, 5.74) is 1.19. The Morgan fingerprint density at radius 3 is 2.70 bits per heavy atom. The van der Waals surface area contributed by atoms with Crippen LogP contribution in [-0.2, 0) is 12.2 Å². The van der Waals surface area contributed by atoms with Crippen LogP contribution >= 0.6 is 11.8 Å². The molecule has 0 amide bonds. The molecule has 0 spiro atoms. The van der Waals surface area contributed by atoms with Gasteiger partial charge in [-0.15, -0.1) is 5.10 Å². The number of hydrogen-bond acceptors (Lipinski definition) is 4. The number of aryl methyl sites for hydroxylation is 1.